The Hall–Kier alpha value is -1.46. The van der Waals surface area contributed by atoms with Crippen LogP contribution in [-0.4, -0.2) is 68.0 Å². The standard InChI is InChI=1S/C32H61N3O6S2/c1-4-5-20-29(36)33-27(31(38)39)22-25-42-43-26-23-28(32(40)41)34-30(37)21-18-16-14-12-10-8-6-7-9-11-13-15-17-19-24-35(2)3/h27-28H,4-26H2,1-3H3,(H,33,36)(H,34,37)(H,38,39)(H,40,41)/p-1. The predicted octanol–water partition coefficient (Wildman–Crippen LogP) is 2.80. The van der Waals surface area contributed by atoms with Crippen LogP contribution in [0.15, 0.2) is 0 Å². The molecule has 2 amide bonds. The van der Waals surface area contributed by atoms with Gasteiger partial charge in [0, 0.05) is 24.3 Å². The molecule has 11 heteroatoms. The van der Waals surface area contributed by atoms with Gasteiger partial charge >= 0.3 is 0 Å². The maximum Gasteiger partial charge on any atom is 0.220 e. The van der Waals surface area contributed by atoms with Crippen molar-refractivity contribution in [1.82, 2.24) is 10.6 Å². The van der Waals surface area contributed by atoms with Gasteiger partial charge in [-0.2, -0.15) is 0 Å². The number of hydrogen-bond donors (Lipinski definition) is 3. The molecule has 9 nitrogen and oxygen atoms in total. The monoisotopic (exact) mass is 646 g/mol. The second-order valence-corrected chi connectivity index (χ2v) is 14.6. The van der Waals surface area contributed by atoms with Crippen molar-refractivity contribution in [2.24, 2.45) is 0 Å². The first kappa shape index (κ1) is 41.5. The second kappa shape index (κ2) is 29.3. The van der Waals surface area contributed by atoms with Crippen LogP contribution in [0.2, 0.25) is 0 Å². The van der Waals surface area contributed by atoms with Crippen LogP contribution in [0, 0.1) is 0 Å². The molecular formula is C32H60N3O6S2-. The molecule has 0 aliphatic rings. The summed E-state index contributed by atoms with van der Waals surface area (Å²) in [6.45, 7) is 3.23. The summed E-state index contributed by atoms with van der Waals surface area (Å²) in [5.74, 6) is -2.25. The van der Waals surface area contributed by atoms with E-state index < -0.39 is 24.0 Å². The minimum Gasteiger partial charge on any atom is -0.548 e. The number of rotatable bonds is 31. The highest BCUT2D eigenvalue weighted by atomic mass is 33.1. The number of unbranched alkanes of at least 4 members (excludes halogenated alkanes) is 14. The molecule has 0 aromatic carbocycles. The van der Waals surface area contributed by atoms with Crippen molar-refractivity contribution in [2.45, 2.75) is 147 Å². The summed E-state index contributed by atoms with van der Waals surface area (Å²) in [6.07, 6.45) is 19.9. The summed E-state index contributed by atoms with van der Waals surface area (Å²) in [5.41, 5.74) is 0. The maximum atomic E-state index is 12.2. The Kier molecular flexibility index (Phi) is 28.3. The van der Waals surface area contributed by atoms with Crippen molar-refractivity contribution in [1.29, 1.82) is 0 Å². The Bertz CT molecular complexity index is 742. The molecule has 0 aromatic heterocycles. The van der Waals surface area contributed by atoms with Crippen molar-refractivity contribution in [3.8, 4) is 0 Å². The molecule has 0 aliphatic heterocycles. The van der Waals surface area contributed by atoms with Gasteiger partial charge in [-0.25, -0.2) is 0 Å². The number of carboxylic acid groups (broad SMARTS) is 2. The minimum atomic E-state index is -1.31. The van der Waals surface area contributed by atoms with Gasteiger partial charge in [-0.1, -0.05) is 106 Å². The van der Waals surface area contributed by atoms with E-state index in [4.69, 9.17) is 0 Å². The molecule has 0 radical (unpaired) electrons. The maximum absolute atomic E-state index is 12.2. The van der Waals surface area contributed by atoms with E-state index in [1.54, 1.807) is 4.90 Å². The first-order valence-electron chi connectivity index (χ1n) is 16.7. The lowest BCUT2D eigenvalue weighted by atomic mass is 10.0. The van der Waals surface area contributed by atoms with Gasteiger partial charge in [-0.15, -0.1) is 0 Å². The summed E-state index contributed by atoms with van der Waals surface area (Å²) >= 11 is 0. The lowest BCUT2D eigenvalue weighted by Gasteiger charge is -2.20. The Morgan fingerprint density at radius 1 is 0.581 bits per heavy atom. The summed E-state index contributed by atoms with van der Waals surface area (Å²) in [7, 11) is 7.23. The number of carbonyl (C=O) groups excluding carboxylic acids is 4. The Morgan fingerprint density at radius 3 is 1.28 bits per heavy atom. The van der Waals surface area contributed by atoms with Crippen LogP contribution in [0.25, 0.3) is 0 Å². The fraction of sp³-hybridized carbons (Fsp3) is 0.875. The van der Waals surface area contributed by atoms with Gasteiger partial charge < -0.3 is 35.3 Å². The zero-order chi connectivity index (χ0) is 32.1. The number of amides is 2. The first-order chi connectivity index (χ1) is 20.7. The van der Waals surface area contributed by atoms with E-state index in [9.17, 15) is 29.4 Å². The average Bonchev–Trinajstić information content (AvgIpc) is 2.95. The number of hydrogen-bond acceptors (Lipinski definition) is 8. The number of aliphatic carboxylic acids is 2. The molecule has 0 aliphatic carbocycles. The highest BCUT2D eigenvalue weighted by molar-refractivity contribution is 8.76. The van der Waals surface area contributed by atoms with Crippen LogP contribution in [0.1, 0.15) is 135 Å². The zero-order valence-electron chi connectivity index (χ0n) is 27.2. The molecule has 0 saturated heterocycles. The highest BCUT2D eigenvalue weighted by Crippen LogP contribution is 2.24. The highest BCUT2D eigenvalue weighted by Gasteiger charge is 2.15. The summed E-state index contributed by atoms with van der Waals surface area (Å²) in [5, 5.41) is 27.8. The summed E-state index contributed by atoms with van der Waals surface area (Å²) in [4.78, 5) is 48.3. The molecule has 0 saturated carbocycles. The molecule has 0 bridgehead atoms. The molecule has 0 rings (SSSR count). The van der Waals surface area contributed by atoms with Crippen LogP contribution >= 0.6 is 21.6 Å². The molecule has 0 heterocycles. The van der Waals surface area contributed by atoms with Crippen LogP contribution < -0.4 is 25.7 Å². The van der Waals surface area contributed by atoms with Gasteiger partial charge in [0.2, 0.25) is 11.8 Å². The van der Waals surface area contributed by atoms with E-state index in [1.807, 2.05) is 6.92 Å². The molecule has 2 atom stereocenters. The molecule has 0 fully saturated rings. The van der Waals surface area contributed by atoms with E-state index >= 15 is 0 Å². The fourth-order valence-corrected chi connectivity index (χ4v) is 6.89. The molecule has 3 N–H and O–H groups in total. The average molecular weight is 647 g/mol. The van der Waals surface area contributed by atoms with Crippen LogP contribution in [0.5, 0.6) is 0 Å². The van der Waals surface area contributed by atoms with Crippen LogP contribution in [0.3, 0.4) is 0 Å². The van der Waals surface area contributed by atoms with E-state index in [2.05, 4.69) is 24.7 Å². The topological polar surface area (TPSA) is 143 Å². The van der Waals surface area contributed by atoms with E-state index in [0.717, 1.165) is 25.7 Å². The summed E-state index contributed by atoms with van der Waals surface area (Å²) < 4.78 is 0. The minimum absolute atomic E-state index is 0.219. The third-order valence-electron chi connectivity index (χ3n) is 7.39. The molecule has 0 aromatic rings. The Labute approximate surface area is 269 Å². The lowest BCUT2D eigenvalue weighted by Crippen LogP contribution is -3.05. The van der Waals surface area contributed by atoms with Gasteiger partial charge in [0.15, 0.2) is 0 Å². The quantitative estimate of drug-likeness (QED) is 0.0771. The SMILES string of the molecule is CCCCC(=O)NC(CCSSCCC(NC(=O)CCCCCCCCCCCCCCCC[NH+](C)C)C(=O)[O-])C(=O)[O-]. The molecule has 0 spiro atoms. The number of carbonyl (C=O) groups is 4. The van der Waals surface area contributed by atoms with Crippen molar-refractivity contribution in [3.63, 3.8) is 0 Å². The normalized spacial score (nSPS) is 12.7. The third kappa shape index (κ3) is 27.8. The van der Waals surface area contributed by atoms with Crippen molar-refractivity contribution in [2.75, 3.05) is 32.1 Å². The van der Waals surface area contributed by atoms with E-state index in [0.29, 0.717) is 24.3 Å². The predicted molar refractivity (Wildman–Crippen MR) is 174 cm³/mol. The van der Waals surface area contributed by atoms with Gasteiger partial charge in [-0.05, 0) is 38.5 Å². The Morgan fingerprint density at radius 2 is 0.930 bits per heavy atom. The third-order valence-corrected chi connectivity index (χ3v) is 9.86. The summed E-state index contributed by atoms with van der Waals surface area (Å²) in [6, 6.07) is -2.08. The molecule has 2 unspecified atom stereocenters. The van der Waals surface area contributed by atoms with Crippen molar-refractivity contribution >= 4 is 45.3 Å². The number of quaternary nitrogens is 1. The van der Waals surface area contributed by atoms with Crippen LogP contribution in [-0.2, 0) is 19.2 Å². The zero-order valence-corrected chi connectivity index (χ0v) is 28.8. The van der Waals surface area contributed by atoms with Crippen molar-refractivity contribution < 1.29 is 34.3 Å². The number of nitrogens with one attached hydrogen (secondary N) is 3. The Balaban J connectivity index is 3.78. The van der Waals surface area contributed by atoms with Gasteiger partial charge in [0.05, 0.1) is 44.7 Å². The fourth-order valence-electron chi connectivity index (χ4n) is 4.70. The van der Waals surface area contributed by atoms with Crippen molar-refractivity contribution in [3.05, 3.63) is 0 Å². The first-order valence-corrected chi connectivity index (χ1v) is 19.2. The lowest BCUT2D eigenvalue weighted by molar-refractivity contribution is -0.858. The smallest absolute Gasteiger partial charge is 0.220 e. The van der Waals surface area contributed by atoms with Crippen LogP contribution in [0.4, 0.5) is 0 Å². The van der Waals surface area contributed by atoms with Gasteiger partial charge in [0.1, 0.15) is 0 Å². The van der Waals surface area contributed by atoms with Gasteiger partial charge in [-0.3, -0.25) is 9.59 Å². The molecule has 252 valence electrons. The largest absolute Gasteiger partial charge is 0.548 e. The van der Waals surface area contributed by atoms with E-state index in [-0.39, 0.29) is 31.1 Å². The molecular weight excluding hydrogens is 587 g/mol. The molecule has 43 heavy (non-hydrogen) atoms. The second-order valence-electron chi connectivity index (χ2n) is 11.9. The van der Waals surface area contributed by atoms with Gasteiger partial charge in [0.25, 0.3) is 0 Å². The van der Waals surface area contributed by atoms with E-state index in [1.165, 1.54) is 98.8 Å². The number of carboxylic acids is 2.